The van der Waals surface area contributed by atoms with E-state index >= 15 is 0 Å². The van der Waals surface area contributed by atoms with E-state index in [-0.39, 0.29) is 12.0 Å². The Hall–Kier alpha value is -1.03. The Labute approximate surface area is 123 Å². The molecule has 1 aromatic carbocycles. The molecule has 3 nitrogen and oxygen atoms in total. The third-order valence-electron chi connectivity index (χ3n) is 3.17. The van der Waals surface area contributed by atoms with Gasteiger partial charge in [-0.2, -0.15) is 0 Å². The molecule has 0 aromatic heterocycles. The van der Waals surface area contributed by atoms with Crippen LogP contribution in [0.3, 0.4) is 0 Å². The van der Waals surface area contributed by atoms with E-state index in [0.717, 1.165) is 36.2 Å². The molecule has 1 heterocycles. The Kier molecular flexibility index (Phi) is 4.86. The zero-order valence-corrected chi connectivity index (χ0v) is 13.1. The maximum atomic E-state index is 12.1. The van der Waals surface area contributed by atoms with Crippen molar-refractivity contribution in [3.05, 3.63) is 23.8 Å². The number of alkyl halides is 1. The second-order valence-corrected chi connectivity index (χ2v) is 5.80. The second-order valence-electron chi connectivity index (χ2n) is 5.01. The number of rotatable bonds is 5. The van der Waals surface area contributed by atoms with Crippen molar-refractivity contribution in [1.82, 2.24) is 0 Å². The molecule has 0 radical (unpaired) electrons. The molecule has 4 heteroatoms. The third-order valence-corrected chi connectivity index (χ3v) is 3.73. The van der Waals surface area contributed by atoms with Crippen LogP contribution in [0.25, 0.3) is 0 Å². The van der Waals surface area contributed by atoms with Gasteiger partial charge in [0.05, 0.1) is 11.8 Å². The summed E-state index contributed by atoms with van der Waals surface area (Å²) in [4.78, 5) is 14.0. The van der Waals surface area contributed by atoms with Crippen LogP contribution in [0, 0.1) is 0 Å². The molecule has 0 atom stereocenters. The van der Waals surface area contributed by atoms with Gasteiger partial charge in [-0.1, -0.05) is 22.0 Å². The fraction of sp³-hybridized carbons (Fsp3) is 0.533. The van der Waals surface area contributed by atoms with E-state index in [1.54, 1.807) is 0 Å². The van der Waals surface area contributed by atoms with E-state index in [2.05, 4.69) is 15.9 Å². The first-order chi connectivity index (χ1) is 9.13. The van der Waals surface area contributed by atoms with E-state index in [4.69, 9.17) is 4.74 Å². The number of hydrogen-bond acceptors (Lipinski definition) is 2. The fourth-order valence-electron chi connectivity index (χ4n) is 2.39. The molecule has 1 aliphatic rings. The van der Waals surface area contributed by atoms with Crippen molar-refractivity contribution < 1.29 is 9.53 Å². The SMILES string of the molecule is CC(C)Oc1cccc2c1CCC(=O)N2CCCBr. The highest BCUT2D eigenvalue weighted by Crippen LogP contribution is 2.35. The highest BCUT2D eigenvalue weighted by atomic mass is 79.9. The molecule has 0 saturated heterocycles. The molecule has 19 heavy (non-hydrogen) atoms. The van der Waals surface area contributed by atoms with Gasteiger partial charge in [0.15, 0.2) is 0 Å². The first-order valence-corrected chi connectivity index (χ1v) is 7.90. The smallest absolute Gasteiger partial charge is 0.227 e. The standard InChI is InChI=1S/C15H20BrNO2/c1-11(2)19-14-6-3-5-13-12(14)7-8-15(18)17(13)10-4-9-16/h3,5-6,11H,4,7-10H2,1-2H3. The molecule has 0 saturated carbocycles. The number of benzene rings is 1. The fourth-order valence-corrected chi connectivity index (χ4v) is 2.64. The van der Waals surface area contributed by atoms with Gasteiger partial charge in [-0.15, -0.1) is 0 Å². The highest BCUT2D eigenvalue weighted by Gasteiger charge is 2.26. The van der Waals surface area contributed by atoms with Gasteiger partial charge < -0.3 is 9.64 Å². The molecular formula is C15H20BrNO2. The first kappa shape index (κ1) is 14.4. The summed E-state index contributed by atoms with van der Waals surface area (Å²) in [6.45, 7) is 4.81. The summed E-state index contributed by atoms with van der Waals surface area (Å²) < 4.78 is 5.85. The van der Waals surface area contributed by atoms with Gasteiger partial charge in [0.2, 0.25) is 5.91 Å². The minimum Gasteiger partial charge on any atom is -0.491 e. The van der Waals surface area contributed by atoms with Crippen molar-refractivity contribution in [2.45, 2.75) is 39.2 Å². The van der Waals surface area contributed by atoms with Crippen LogP contribution >= 0.6 is 15.9 Å². The predicted octanol–water partition coefficient (Wildman–Crippen LogP) is 3.54. The minimum absolute atomic E-state index is 0.153. The number of halogens is 1. The third kappa shape index (κ3) is 3.30. The Morgan fingerprint density at radius 2 is 2.16 bits per heavy atom. The van der Waals surface area contributed by atoms with Crippen molar-refractivity contribution in [2.75, 3.05) is 16.8 Å². The molecule has 0 spiro atoms. The number of ether oxygens (including phenoxy) is 1. The van der Waals surface area contributed by atoms with Gasteiger partial charge in [0.1, 0.15) is 5.75 Å². The number of carbonyl (C=O) groups excluding carboxylic acids is 1. The Morgan fingerprint density at radius 3 is 2.84 bits per heavy atom. The van der Waals surface area contributed by atoms with Crippen LogP contribution in [0.15, 0.2) is 18.2 Å². The number of anilines is 1. The zero-order chi connectivity index (χ0) is 13.8. The largest absolute Gasteiger partial charge is 0.491 e. The molecule has 1 amide bonds. The summed E-state index contributed by atoms with van der Waals surface area (Å²) in [7, 11) is 0. The molecule has 1 aromatic rings. The van der Waals surface area contributed by atoms with E-state index in [1.807, 2.05) is 36.9 Å². The minimum atomic E-state index is 0.153. The lowest BCUT2D eigenvalue weighted by atomic mass is 10.00. The monoisotopic (exact) mass is 325 g/mol. The number of amides is 1. The molecule has 1 aliphatic heterocycles. The summed E-state index contributed by atoms with van der Waals surface area (Å²) in [5, 5.41) is 0.911. The van der Waals surface area contributed by atoms with Crippen LogP contribution in [-0.2, 0) is 11.2 Å². The maximum absolute atomic E-state index is 12.1. The van der Waals surface area contributed by atoms with Crippen molar-refractivity contribution in [2.24, 2.45) is 0 Å². The first-order valence-electron chi connectivity index (χ1n) is 6.78. The van der Waals surface area contributed by atoms with Gasteiger partial charge >= 0.3 is 0 Å². The number of nitrogens with zero attached hydrogens (tertiary/aromatic N) is 1. The average molecular weight is 326 g/mol. The Bertz CT molecular complexity index is 459. The van der Waals surface area contributed by atoms with Gasteiger partial charge in [0.25, 0.3) is 0 Å². The van der Waals surface area contributed by atoms with Crippen molar-refractivity contribution in [3.63, 3.8) is 0 Å². The number of fused-ring (bicyclic) bond motifs is 1. The van der Waals surface area contributed by atoms with Crippen molar-refractivity contribution in [3.8, 4) is 5.75 Å². The van der Waals surface area contributed by atoms with E-state index < -0.39 is 0 Å². The molecule has 2 rings (SSSR count). The Morgan fingerprint density at radius 1 is 1.37 bits per heavy atom. The van der Waals surface area contributed by atoms with E-state index in [1.165, 1.54) is 5.56 Å². The molecule has 0 unspecified atom stereocenters. The van der Waals surface area contributed by atoms with Crippen LogP contribution in [-0.4, -0.2) is 23.9 Å². The molecule has 0 fully saturated rings. The zero-order valence-electron chi connectivity index (χ0n) is 11.5. The summed E-state index contributed by atoms with van der Waals surface area (Å²) in [5.41, 5.74) is 2.20. The van der Waals surface area contributed by atoms with Gasteiger partial charge in [-0.05, 0) is 38.8 Å². The van der Waals surface area contributed by atoms with Gasteiger partial charge in [-0.3, -0.25) is 4.79 Å². The summed E-state index contributed by atoms with van der Waals surface area (Å²) in [6, 6.07) is 5.99. The molecule has 0 aliphatic carbocycles. The van der Waals surface area contributed by atoms with Crippen LogP contribution in [0.5, 0.6) is 5.75 Å². The highest BCUT2D eigenvalue weighted by molar-refractivity contribution is 9.09. The summed E-state index contributed by atoms with van der Waals surface area (Å²) in [6.07, 6.45) is 2.47. The van der Waals surface area contributed by atoms with E-state index in [0.29, 0.717) is 6.42 Å². The maximum Gasteiger partial charge on any atom is 0.227 e. The lowest BCUT2D eigenvalue weighted by Gasteiger charge is -2.30. The summed E-state index contributed by atoms with van der Waals surface area (Å²) in [5.74, 6) is 1.14. The lowest BCUT2D eigenvalue weighted by Crippen LogP contribution is -2.36. The van der Waals surface area contributed by atoms with Crippen LogP contribution in [0.2, 0.25) is 0 Å². The molecular weight excluding hydrogens is 306 g/mol. The van der Waals surface area contributed by atoms with Gasteiger partial charge in [-0.25, -0.2) is 0 Å². The van der Waals surface area contributed by atoms with Crippen molar-refractivity contribution in [1.29, 1.82) is 0 Å². The predicted molar refractivity (Wildman–Crippen MR) is 81.3 cm³/mol. The van der Waals surface area contributed by atoms with E-state index in [9.17, 15) is 4.79 Å². The van der Waals surface area contributed by atoms with Crippen LogP contribution < -0.4 is 9.64 Å². The molecule has 0 N–H and O–H groups in total. The molecule has 0 bridgehead atoms. The number of hydrogen-bond donors (Lipinski definition) is 0. The van der Waals surface area contributed by atoms with Crippen LogP contribution in [0.4, 0.5) is 5.69 Å². The van der Waals surface area contributed by atoms with Gasteiger partial charge in [0, 0.05) is 23.9 Å². The quantitative estimate of drug-likeness (QED) is 0.775. The second kappa shape index (κ2) is 6.42. The topological polar surface area (TPSA) is 29.5 Å². The Balaban J connectivity index is 2.31. The lowest BCUT2D eigenvalue weighted by molar-refractivity contribution is -0.118. The summed E-state index contributed by atoms with van der Waals surface area (Å²) >= 11 is 3.42. The number of carbonyl (C=O) groups is 1. The average Bonchev–Trinajstić information content (AvgIpc) is 2.37. The molecule has 104 valence electrons. The van der Waals surface area contributed by atoms with Crippen LogP contribution in [0.1, 0.15) is 32.3 Å². The normalized spacial score (nSPS) is 14.7. The van der Waals surface area contributed by atoms with Crippen molar-refractivity contribution >= 4 is 27.5 Å².